The van der Waals surface area contributed by atoms with Crippen molar-refractivity contribution in [2.75, 3.05) is 11.8 Å². The third-order valence-electron chi connectivity index (χ3n) is 3.12. The molecule has 0 aliphatic carbocycles. The van der Waals surface area contributed by atoms with Crippen LogP contribution in [-0.2, 0) is 10.0 Å². The first-order valence-electron chi connectivity index (χ1n) is 6.70. The van der Waals surface area contributed by atoms with Gasteiger partial charge in [0.2, 0.25) is 0 Å². The van der Waals surface area contributed by atoms with Gasteiger partial charge in [0.05, 0.1) is 30.5 Å². The lowest BCUT2D eigenvalue weighted by atomic mass is 10.3. The van der Waals surface area contributed by atoms with Crippen molar-refractivity contribution in [3.63, 3.8) is 0 Å². The molecule has 8 nitrogen and oxygen atoms in total. The van der Waals surface area contributed by atoms with Crippen LogP contribution >= 0.6 is 0 Å². The molecule has 22 heavy (non-hydrogen) atoms. The Morgan fingerprint density at radius 3 is 2.27 bits per heavy atom. The van der Waals surface area contributed by atoms with Gasteiger partial charge in [0.15, 0.2) is 5.03 Å². The normalized spacial score (nSPS) is 11.7. The summed E-state index contributed by atoms with van der Waals surface area (Å²) in [6, 6.07) is 0.325. The smallest absolute Gasteiger partial charge is 0.316 e. The van der Waals surface area contributed by atoms with E-state index in [0.29, 0.717) is 17.1 Å². The second-order valence-electron chi connectivity index (χ2n) is 5.11. The lowest BCUT2D eigenvalue weighted by molar-refractivity contribution is 0.378. The van der Waals surface area contributed by atoms with Gasteiger partial charge in [-0.25, -0.2) is 4.98 Å². The van der Waals surface area contributed by atoms with E-state index in [1.807, 2.05) is 13.8 Å². The quantitative estimate of drug-likeness (QED) is 0.898. The monoisotopic (exact) mass is 325 g/mol. The van der Waals surface area contributed by atoms with Gasteiger partial charge in [-0.3, -0.25) is 4.72 Å². The molecule has 0 aliphatic rings. The molecular formula is C13H19N5O3S. The molecule has 0 bridgehead atoms. The Morgan fingerprint density at radius 2 is 1.82 bits per heavy atom. The minimum atomic E-state index is -3.79. The fraction of sp³-hybridized carbons (Fsp3) is 0.462. The largest absolute Gasteiger partial charge is 0.467 e. The van der Waals surface area contributed by atoms with Gasteiger partial charge < -0.3 is 9.30 Å². The number of aryl methyl sites for hydroxylation is 2. The van der Waals surface area contributed by atoms with Crippen LogP contribution in [0.15, 0.2) is 17.6 Å². The predicted octanol–water partition coefficient (Wildman–Crippen LogP) is 1.68. The third kappa shape index (κ3) is 3.19. The molecule has 0 aromatic carbocycles. The molecule has 0 unspecified atom stereocenters. The van der Waals surface area contributed by atoms with Crippen molar-refractivity contribution in [3.8, 4) is 6.01 Å². The number of rotatable bonds is 5. The maximum atomic E-state index is 12.4. The molecule has 2 rings (SSSR count). The molecule has 0 saturated heterocycles. The molecule has 2 heterocycles. The number of imidazole rings is 1. The number of hydrogen-bond acceptors (Lipinski definition) is 6. The molecule has 0 spiro atoms. The summed E-state index contributed by atoms with van der Waals surface area (Å²) in [7, 11) is -2.34. The molecule has 0 saturated carbocycles. The van der Waals surface area contributed by atoms with Gasteiger partial charge in [0, 0.05) is 12.2 Å². The molecule has 0 radical (unpaired) electrons. The Hall–Kier alpha value is -2.16. The third-order valence-corrected chi connectivity index (χ3v) is 4.35. The lowest BCUT2D eigenvalue weighted by Crippen LogP contribution is -2.16. The van der Waals surface area contributed by atoms with E-state index >= 15 is 0 Å². The average molecular weight is 325 g/mol. The van der Waals surface area contributed by atoms with Crippen molar-refractivity contribution in [2.24, 2.45) is 0 Å². The van der Waals surface area contributed by atoms with Crippen molar-refractivity contribution in [2.45, 2.75) is 38.8 Å². The number of nitrogens with zero attached hydrogens (tertiary/aromatic N) is 4. The Kier molecular flexibility index (Phi) is 4.36. The summed E-state index contributed by atoms with van der Waals surface area (Å²) in [5.41, 5.74) is 1.30. The summed E-state index contributed by atoms with van der Waals surface area (Å²) >= 11 is 0. The maximum Gasteiger partial charge on any atom is 0.316 e. The van der Waals surface area contributed by atoms with Gasteiger partial charge in [-0.05, 0) is 27.7 Å². The Morgan fingerprint density at radius 1 is 1.23 bits per heavy atom. The van der Waals surface area contributed by atoms with Crippen LogP contribution in [0.5, 0.6) is 6.01 Å². The molecule has 0 aliphatic heterocycles. The van der Waals surface area contributed by atoms with E-state index in [-0.39, 0.29) is 17.1 Å². The van der Waals surface area contributed by atoms with Gasteiger partial charge in [0.1, 0.15) is 0 Å². The van der Waals surface area contributed by atoms with Crippen LogP contribution in [0.2, 0.25) is 0 Å². The van der Waals surface area contributed by atoms with E-state index in [1.54, 1.807) is 18.4 Å². The summed E-state index contributed by atoms with van der Waals surface area (Å²) in [5, 5.41) is -0.0455. The van der Waals surface area contributed by atoms with Crippen LogP contribution in [0.4, 0.5) is 5.69 Å². The van der Waals surface area contributed by atoms with Crippen molar-refractivity contribution in [3.05, 3.63) is 23.9 Å². The van der Waals surface area contributed by atoms with E-state index < -0.39 is 10.0 Å². The first-order valence-corrected chi connectivity index (χ1v) is 8.18. The molecule has 0 amide bonds. The predicted molar refractivity (Wildman–Crippen MR) is 81.5 cm³/mol. The van der Waals surface area contributed by atoms with Crippen molar-refractivity contribution in [1.82, 2.24) is 19.5 Å². The van der Waals surface area contributed by atoms with Crippen molar-refractivity contribution in [1.29, 1.82) is 0 Å². The second kappa shape index (κ2) is 5.91. The minimum absolute atomic E-state index is 0.0455. The highest BCUT2D eigenvalue weighted by molar-refractivity contribution is 7.92. The van der Waals surface area contributed by atoms with Gasteiger partial charge in [-0.15, -0.1) is 0 Å². The van der Waals surface area contributed by atoms with Crippen LogP contribution in [0.3, 0.4) is 0 Å². The van der Waals surface area contributed by atoms with E-state index in [0.717, 1.165) is 0 Å². The van der Waals surface area contributed by atoms with Gasteiger partial charge in [0.25, 0.3) is 10.0 Å². The molecule has 2 aromatic heterocycles. The number of sulfonamides is 1. The summed E-state index contributed by atoms with van der Waals surface area (Å²) in [6.45, 7) is 7.25. The van der Waals surface area contributed by atoms with Crippen molar-refractivity contribution >= 4 is 15.7 Å². The fourth-order valence-electron chi connectivity index (χ4n) is 1.85. The molecule has 0 atom stereocenters. The summed E-state index contributed by atoms with van der Waals surface area (Å²) in [6.07, 6.45) is 2.98. The zero-order valence-corrected chi connectivity index (χ0v) is 14.0. The molecular weight excluding hydrogens is 306 g/mol. The van der Waals surface area contributed by atoms with Crippen LogP contribution in [-0.4, -0.2) is 35.0 Å². The Balaban J connectivity index is 2.36. The number of methoxy groups -OCH3 is 1. The fourth-order valence-corrected chi connectivity index (χ4v) is 2.97. The van der Waals surface area contributed by atoms with Crippen LogP contribution in [0.25, 0.3) is 0 Å². The Bertz CT molecular complexity index is 760. The highest BCUT2D eigenvalue weighted by Gasteiger charge is 2.21. The van der Waals surface area contributed by atoms with Gasteiger partial charge in [-0.1, -0.05) is 0 Å². The molecule has 9 heteroatoms. The zero-order chi connectivity index (χ0) is 16.5. The first kappa shape index (κ1) is 16.2. The van der Waals surface area contributed by atoms with Crippen LogP contribution in [0, 0.1) is 13.8 Å². The molecule has 120 valence electrons. The highest BCUT2D eigenvalue weighted by Crippen LogP contribution is 2.22. The topological polar surface area (TPSA) is 99.0 Å². The van der Waals surface area contributed by atoms with Gasteiger partial charge >= 0.3 is 6.01 Å². The second-order valence-corrected chi connectivity index (χ2v) is 6.74. The number of hydrogen-bond donors (Lipinski definition) is 1. The standard InChI is InChI=1S/C13H19N5O3S/c1-8(2)18-6-11(14-7-18)22(19,20)17-12-9(3)15-13(21-5)16-10(12)4/h6-8,17H,1-5H3. The van der Waals surface area contributed by atoms with Crippen LogP contribution in [0.1, 0.15) is 31.3 Å². The van der Waals surface area contributed by atoms with E-state index in [2.05, 4.69) is 19.7 Å². The number of aromatic nitrogens is 4. The van der Waals surface area contributed by atoms with E-state index in [1.165, 1.54) is 19.6 Å². The van der Waals surface area contributed by atoms with Gasteiger partial charge in [-0.2, -0.15) is 18.4 Å². The SMILES string of the molecule is COc1nc(C)c(NS(=O)(=O)c2cn(C(C)C)cn2)c(C)n1. The number of ether oxygens (including phenoxy) is 1. The Labute approximate surface area is 129 Å². The van der Waals surface area contributed by atoms with E-state index in [4.69, 9.17) is 4.74 Å². The first-order chi connectivity index (χ1) is 10.2. The summed E-state index contributed by atoms with van der Waals surface area (Å²) < 4.78 is 34.0. The minimum Gasteiger partial charge on any atom is -0.467 e. The summed E-state index contributed by atoms with van der Waals surface area (Å²) in [5.74, 6) is 0. The zero-order valence-electron chi connectivity index (χ0n) is 13.2. The molecule has 0 fully saturated rings. The lowest BCUT2D eigenvalue weighted by Gasteiger charge is -2.12. The summed E-state index contributed by atoms with van der Waals surface area (Å²) in [4.78, 5) is 12.1. The number of nitrogens with one attached hydrogen (secondary N) is 1. The van der Waals surface area contributed by atoms with E-state index in [9.17, 15) is 8.42 Å². The van der Waals surface area contributed by atoms with Crippen molar-refractivity contribution < 1.29 is 13.2 Å². The maximum absolute atomic E-state index is 12.4. The molecule has 1 N–H and O–H groups in total. The van der Waals surface area contributed by atoms with Crippen LogP contribution < -0.4 is 9.46 Å². The highest BCUT2D eigenvalue weighted by atomic mass is 32.2. The number of anilines is 1. The molecule has 2 aromatic rings. The average Bonchev–Trinajstić information content (AvgIpc) is 2.93.